The van der Waals surface area contributed by atoms with Crippen LogP contribution < -0.4 is 10.1 Å². The van der Waals surface area contributed by atoms with E-state index in [0.29, 0.717) is 12.1 Å². The Morgan fingerprint density at radius 1 is 1.08 bits per heavy atom. The number of carbonyl (C=O) groups excluding carboxylic acids is 2. The first-order chi connectivity index (χ1) is 12.1. The van der Waals surface area contributed by atoms with E-state index in [4.69, 9.17) is 9.47 Å². The van der Waals surface area contributed by atoms with Gasteiger partial charge in [0.2, 0.25) is 0 Å². The number of amides is 1. The predicted octanol–water partition coefficient (Wildman–Crippen LogP) is 3.53. The summed E-state index contributed by atoms with van der Waals surface area (Å²) in [7, 11) is 1.61. The molecule has 5 nitrogen and oxygen atoms in total. The molecule has 0 aromatic heterocycles. The molecule has 0 saturated heterocycles. The number of carbonyl (C=O) groups is 2. The Kier molecular flexibility index (Phi) is 7.35. The van der Waals surface area contributed by atoms with Gasteiger partial charge in [-0.25, -0.2) is 0 Å². The highest BCUT2D eigenvalue weighted by atomic mass is 32.2. The number of benzene rings is 2. The Morgan fingerprint density at radius 3 is 2.48 bits per heavy atom. The van der Waals surface area contributed by atoms with Gasteiger partial charge in [0.25, 0.3) is 5.91 Å². The minimum Gasteiger partial charge on any atom is -0.497 e. The molecule has 0 aliphatic carbocycles. The lowest BCUT2D eigenvalue weighted by molar-refractivity contribution is -0.147. The van der Waals surface area contributed by atoms with E-state index in [1.807, 2.05) is 54.8 Å². The number of methoxy groups -OCH3 is 1. The van der Waals surface area contributed by atoms with E-state index in [1.165, 1.54) is 11.8 Å². The van der Waals surface area contributed by atoms with Crippen LogP contribution in [0, 0.1) is 0 Å². The number of esters is 1. The van der Waals surface area contributed by atoms with Crippen LogP contribution in [0.15, 0.2) is 53.4 Å². The van der Waals surface area contributed by atoms with Crippen molar-refractivity contribution in [2.24, 2.45) is 0 Å². The van der Waals surface area contributed by atoms with Crippen molar-refractivity contribution in [3.8, 4) is 5.75 Å². The van der Waals surface area contributed by atoms with Crippen LogP contribution in [0.2, 0.25) is 0 Å². The van der Waals surface area contributed by atoms with E-state index in [2.05, 4.69) is 5.32 Å². The van der Waals surface area contributed by atoms with Gasteiger partial charge in [-0.1, -0.05) is 24.3 Å². The summed E-state index contributed by atoms with van der Waals surface area (Å²) in [4.78, 5) is 24.7. The maximum absolute atomic E-state index is 11.9. The molecule has 2 rings (SSSR count). The molecule has 0 spiro atoms. The molecular weight excluding hydrogens is 338 g/mol. The van der Waals surface area contributed by atoms with Gasteiger partial charge in [0.15, 0.2) is 6.61 Å². The Labute approximate surface area is 151 Å². The van der Waals surface area contributed by atoms with Crippen LogP contribution >= 0.6 is 11.8 Å². The Morgan fingerprint density at radius 2 is 1.80 bits per heavy atom. The van der Waals surface area contributed by atoms with Gasteiger partial charge < -0.3 is 14.8 Å². The average Bonchev–Trinajstić information content (AvgIpc) is 2.65. The third-order valence-corrected chi connectivity index (χ3v) is 4.32. The van der Waals surface area contributed by atoms with Gasteiger partial charge in [0.1, 0.15) is 5.75 Å². The first kappa shape index (κ1) is 18.9. The number of hydrogen-bond donors (Lipinski definition) is 1. The molecule has 0 bridgehead atoms. The summed E-state index contributed by atoms with van der Waals surface area (Å²) in [5.74, 6) is 0.0249. The molecular formula is C19H21NO4S. The van der Waals surface area contributed by atoms with Crippen molar-refractivity contribution in [1.29, 1.82) is 0 Å². The minimum atomic E-state index is -0.399. The van der Waals surface area contributed by atoms with Crippen LogP contribution in [0.25, 0.3) is 0 Å². The second-order valence-electron chi connectivity index (χ2n) is 5.26. The summed E-state index contributed by atoms with van der Waals surface area (Å²) in [6.45, 7) is -0.288. The highest BCUT2D eigenvalue weighted by Gasteiger charge is 2.10. The summed E-state index contributed by atoms with van der Waals surface area (Å²) in [5.41, 5.74) is 1.73. The van der Waals surface area contributed by atoms with Crippen molar-refractivity contribution in [3.63, 3.8) is 0 Å². The van der Waals surface area contributed by atoms with Crippen LogP contribution in [0.1, 0.15) is 12.0 Å². The number of thioether (sulfide) groups is 1. The van der Waals surface area contributed by atoms with Crippen molar-refractivity contribution in [2.45, 2.75) is 17.7 Å². The number of para-hydroxylation sites is 1. The Balaban J connectivity index is 1.74. The van der Waals surface area contributed by atoms with E-state index in [1.54, 1.807) is 7.11 Å². The molecule has 2 aromatic rings. The monoisotopic (exact) mass is 359 g/mol. The first-order valence-corrected chi connectivity index (χ1v) is 9.06. The highest BCUT2D eigenvalue weighted by molar-refractivity contribution is 7.98. The van der Waals surface area contributed by atoms with E-state index < -0.39 is 5.97 Å². The predicted molar refractivity (Wildman–Crippen MR) is 99.1 cm³/mol. The summed E-state index contributed by atoms with van der Waals surface area (Å²) in [6.07, 6.45) is 2.71. The van der Waals surface area contributed by atoms with Crippen LogP contribution in [0.3, 0.4) is 0 Å². The Bertz CT molecular complexity index is 716. The smallest absolute Gasteiger partial charge is 0.306 e. The molecule has 0 heterocycles. The third kappa shape index (κ3) is 6.15. The van der Waals surface area contributed by atoms with Gasteiger partial charge in [0, 0.05) is 11.3 Å². The van der Waals surface area contributed by atoms with Gasteiger partial charge in [-0.15, -0.1) is 11.8 Å². The van der Waals surface area contributed by atoms with Gasteiger partial charge in [-0.2, -0.15) is 0 Å². The second kappa shape index (κ2) is 9.74. The van der Waals surface area contributed by atoms with Crippen molar-refractivity contribution in [2.75, 3.05) is 25.3 Å². The van der Waals surface area contributed by atoms with Crippen molar-refractivity contribution >= 4 is 29.3 Å². The lowest BCUT2D eigenvalue weighted by Crippen LogP contribution is -2.21. The largest absolute Gasteiger partial charge is 0.497 e. The molecule has 0 fully saturated rings. The van der Waals surface area contributed by atoms with Crippen LogP contribution in [-0.4, -0.2) is 31.8 Å². The van der Waals surface area contributed by atoms with Gasteiger partial charge >= 0.3 is 5.97 Å². The maximum atomic E-state index is 11.9. The summed E-state index contributed by atoms with van der Waals surface area (Å²) in [5, 5.41) is 2.75. The number of rotatable bonds is 8. The topological polar surface area (TPSA) is 64.6 Å². The third-order valence-electron chi connectivity index (χ3n) is 3.52. The fraction of sp³-hybridized carbons (Fsp3) is 0.263. The second-order valence-corrected chi connectivity index (χ2v) is 6.11. The first-order valence-electron chi connectivity index (χ1n) is 7.84. The number of aryl methyl sites for hydroxylation is 1. The molecule has 25 heavy (non-hydrogen) atoms. The summed E-state index contributed by atoms with van der Waals surface area (Å²) in [6, 6.07) is 15.0. The molecule has 0 unspecified atom stereocenters. The van der Waals surface area contributed by atoms with Gasteiger partial charge in [-0.3, -0.25) is 9.59 Å². The van der Waals surface area contributed by atoms with Gasteiger partial charge in [-0.05, 0) is 42.5 Å². The Hall–Kier alpha value is -2.47. The average molecular weight is 359 g/mol. The van der Waals surface area contributed by atoms with Crippen molar-refractivity contribution < 1.29 is 19.1 Å². The normalized spacial score (nSPS) is 10.2. The minimum absolute atomic E-state index is 0.223. The molecule has 1 amide bonds. The standard InChI is InChI=1S/C19H21NO4S/c1-23-15-10-7-14(8-11-15)9-12-19(22)24-13-18(21)20-16-5-3-4-6-17(16)25-2/h3-8,10-11H,9,12-13H2,1-2H3,(H,20,21). The lowest BCUT2D eigenvalue weighted by Gasteiger charge is -2.09. The number of ether oxygens (including phenoxy) is 2. The quantitative estimate of drug-likeness (QED) is 0.577. The molecule has 0 radical (unpaired) electrons. The SMILES string of the molecule is COc1ccc(CCC(=O)OCC(=O)Nc2ccccc2SC)cc1. The van der Waals surface area contributed by atoms with Crippen LogP contribution in [0.5, 0.6) is 5.75 Å². The lowest BCUT2D eigenvalue weighted by atomic mass is 10.1. The van der Waals surface area contributed by atoms with Crippen molar-refractivity contribution in [1.82, 2.24) is 0 Å². The van der Waals surface area contributed by atoms with Crippen LogP contribution in [-0.2, 0) is 20.7 Å². The number of nitrogens with one attached hydrogen (secondary N) is 1. The number of anilines is 1. The van der Waals surface area contributed by atoms with E-state index in [0.717, 1.165) is 16.2 Å². The molecule has 0 aliphatic rings. The molecule has 132 valence electrons. The van der Waals surface area contributed by atoms with E-state index >= 15 is 0 Å². The molecule has 6 heteroatoms. The molecule has 0 saturated carbocycles. The molecule has 1 N–H and O–H groups in total. The summed E-state index contributed by atoms with van der Waals surface area (Å²) >= 11 is 1.54. The molecule has 0 atom stereocenters. The number of hydrogen-bond acceptors (Lipinski definition) is 5. The van der Waals surface area contributed by atoms with E-state index in [9.17, 15) is 9.59 Å². The fourth-order valence-electron chi connectivity index (χ4n) is 2.19. The maximum Gasteiger partial charge on any atom is 0.306 e. The van der Waals surface area contributed by atoms with Crippen molar-refractivity contribution in [3.05, 3.63) is 54.1 Å². The molecule has 2 aromatic carbocycles. The van der Waals surface area contributed by atoms with Gasteiger partial charge in [0.05, 0.1) is 12.8 Å². The molecule has 0 aliphatic heterocycles. The zero-order chi connectivity index (χ0) is 18.1. The van der Waals surface area contributed by atoms with E-state index in [-0.39, 0.29) is 18.9 Å². The summed E-state index contributed by atoms with van der Waals surface area (Å²) < 4.78 is 10.1. The van der Waals surface area contributed by atoms with Crippen LogP contribution in [0.4, 0.5) is 5.69 Å². The fourth-order valence-corrected chi connectivity index (χ4v) is 2.74. The highest BCUT2D eigenvalue weighted by Crippen LogP contribution is 2.24. The zero-order valence-corrected chi connectivity index (χ0v) is 15.1. The zero-order valence-electron chi connectivity index (χ0n) is 14.3.